The highest BCUT2D eigenvalue weighted by atomic mass is 32.1. The van der Waals surface area contributed by atoms with Gasteiger partial charge in [0, 0.05) is 17.8 Å². The van der Waals surface area contributed by atoms with Crippen LogP contribution in [-0.2, 0) is 6.42 Å². The van der Waals surface area contributed by atoms with Gasteiger partial charge in [0.1, 0.15) is 5.82 Å². The lowest BCUT2D eigenvalue weighted by molar-refractivity contribution is 0.523. The van der Waals surface area contributed by atoms with Gasteiger partial charge in [-0.1, -0.05) is 19.1 Å². The van der Waals surface area contributed by atoms with Gasteiger partial charge in [-0.2, -0.15) is 0 Å². The Labute approximate surface area is 117 Å². The van der Waals surface area contributed by atoms with Gasteiger partial charge in [0.2, 0.25) is 0 Å². The summed E-state index contributed by atoms with van der Waals surface area (Å²) < 4.78 is 13.0. The lowest BCUT2D eigenvalue weighted by Crippen LogP contribution is -2.24. The van der Waals surface area contributed by atoms with E-state index in [0.29, 0.717) is 0 Å². The number of aromatic nitrogens is 1. The highest BCUT2D eigenvalue weighted by Crippen LogP contribution is 2.20. The van der Waals surface area contributed by atoms with Crippen LogP contribution in [0.1, 0.15) is 35.7 Å². The number of rotatable bonds is 6. The molecule has 0 bridgehead atoms. The molecule has 19 heavy (non-hydrogen) atoms. The van der Waals surface area contributed by atoms with Crippen molar-refractivity contribution in [1.29, 1.82) is 0 Å². The van der Waals surface area contributed by atoms with Crippen molar-refractivity contribution in [2.45, 2.75) is 32.7 Å². The van der Waals surface area contributed by atoms with E-state index in [1.54, 1.807) is 11.3 Å². The second kappa shape index (κ2) is 6.78. The van der Waals surface area contributed by atoms with Crippen molar-refractivity contribution < 1.29 is 4.39 Å². The first kappa shape index (κ1) is 14.2. The molecule has 0 fully saturated rings. The molecule has 1 aromatic carbocycles. The minimum absolute atomic E-state index is 0.192. The Morgan fingerprint density at radius 3 is 2.63 bits per heavy atom. The van der Waals surface area contributed by atoms with Gasteiger partial charge in [-0.3, -0.25) is 0 Å². The molecule has 102 valence electrons. The second-order valence-electron chi connectivity index (χ2n) is 4.62. The summed E-state index contributed by atoms with van der Waals surface area (Å²) in [5.41, 5.74) is 2.21. The van der Waals surface area contributed by atoms with Crippen molar-refractivity contribution in [3.63, 3.8) is 0 Å². The highest BCUT2D eigenvalue weighted by Gasteiger charge is 2.13. The summed E-state index contributed by atoms with van der Waals surface area (Å²) in [6.07, 6.45) is 1.92. The summed E-state index contributed by atoms with van der Waals surface area (Å²) in [5, 5.41) is 6.69. The number of benzene rings is 1. The summed E-state index contributed by atoms with van der Waals surface area (Å²) >= 11 is 1.67. The van der Waals surface area contributed by atoms with Crippen LogP contribution in [0.3, 0.4) is 0 Å². The lowest BCUT2D eigenvalue weighted by Gasteiger charge is -2.18. The van der Waals surface area contributed by atoms with E-state index in [1.807, 2.05) is 19.1 Å². The van der Waals surface area contributed by atoms with Crippen molar-refractivity contribution in [2.75, 3.05) is 6.54 Å². The number of aryl methyl sites for hydroxylation is 1. The molecule has 0 saturated carbocycles. The molecule has 1 N–H and O–H groups in total. The first-order valence-corrected chi connectivity index (χ1v) is 7.47. The third-order valence-corrected chi connectivity index (χ3v) is 3.82. The van der Waals surface area contributed by atoms with E-state index in [1.165, 1.54) is 12.1 Å². The first-order valence-electron chi connectivity index (χ1n) is 6.59. The third-order valence-electron chi connectivity index (χ3n) is 2.99. The Morgan fingerprint density at radius 1 is 1.32 bits per heavy atom. The number of hydrogen-bond acceptors (Lipinski definition) is 3. The summed E-state index contributed by atoms with van der Waals surface area (Å²) in [4.78, 5) is 4.51. The molecular formula is C15H19FN2S. The van der Waals surface area contributed by atoms with Crippen molar-refractivity contribution in [1.82, 2.24) is 10.3 Å². The first-order chi connectivity index (χ1) is 9.19. The maximum Gasteiger partial charge on any atom is 0.123 e. The molecule has 0 aliphatic rings. The highest BCUT2D eigenvalue weighted by molar-refractivity contribution is 7.09. The predicted molar refractivity (Wildman–Crippen MR) is 78.0 cm³/mol. The molecule has 0 aliphatic heterocycles. The lowest BCUT2D eigenvalue weighted by atomic mass is 10.0. The Bertz CT molecular complexity index is 507. The van der Waals surface area contributed by atoms with Crippen LogP contribution in [-0.4, -0.2) is 11.5 Å². The molecule has 1 unspecified atom stereocenters. The molecule has 0 radical (unpaired) electrons. The summed E-state index contributed by atoms with van der Waals surface area (Å²) in [6.45, 7) is 5.10. The van der Waals surface area contributed by atoms with Crippen molar-refractivity contribution >= 4 is 11.3 Å². The van der Waals surface area contributed by atoms with Gasteiger partial charge in [0.05, 0.1) is 10.7 Å². The Balaban J connectivity index is 2.13. The normalized spacial score (nSPS) is 12.6. The second-order valence-corrected chi connectivity index (χ2v) is 5.68. The maximum atomic E-state index is 13.0. The van der Waals surface area contributed by atoms with Gasteiger partial charge >= 0.3 is 0 Å². The topological polar surface area (TPSA) is 24.9 Å². The summed E-state index contributed by atoms with van der Waals surface area (Å²) in [7, 11) is 0. The van der Waals surface area contributed by atoms with Crippen LogP contribution < -0.4 is 5.32 Å². The zero-order valence-corrected chi connectivity index (χ0v) is 12.1. The monoisotopic (exact) mass is 278 g/mol. The van der Waals surface area contributed by atoms with E-state index in [-0.39, 0.29) is 11.9 Å². The van der Waals surface area contributed by atoms with Gasteiger partial charge in [0.15, 0.2) is 0 Å². The van der Waals surface area contributed by atoms with Gasteiger partial charge in [-0.15, -0.1) is 11.3 Å². The SMILES string of the molecule is CCCNC(Cc1csc(C)n1)c1ccc(F)cc1. The quantitative estimate of drug-likeness (QED) is 0.867. The fraction of sp³-hybridized carbons (Fsp3) is 0.400. The molecule has 0 saturated heterocycles. The minimum Gasteiger partial charge on any atom is -0.310 e. The maximum absolute atomic E-state index is 13.0. The van der Waals surface area contributed by atoms with Crippen molar-refractivity contribution in [2.24, 2.45) is 0 Å². The molecule has 1 aromatic heterocycles. The molecule has 0 aliphatic carbocycles. The van der Waals surface area contributed by atoms with Crippen LogP contribution >= 0.6 is 11.3 Å². The van der Waals surface area contributed by atoms with Crippen LogP contribution in [0.25, 0.3) is 0 Å². The van der Waals surface area contributed by atoms with Crippen molar-refractivity contribution in [3.8, 4) is 0 Å². The summed E-state index contributed by atoms with van der Waals surface area (Å²) in [6, 6.07) is 6.93. The molecule has 1 heterocycles. The van der Waals surface area contributed by atoms with E-state index in [4.69, 9.17) is 0 Å². The molecule has 1 atom stereocenters. The number of nitrogens with zero attached hydrogens (tertiary/aromatic N) is 1. The summed E-state index contributed by atoms with van der Waals surface area (Å²) in [5.74, 6) is -0.192. The molecule has 2 aromatic rings. The zero-order chi connectivity index (χ0) is 13.7. The molecule has 0 amide bonds. The number of halogens is 1. The molecular weight excluding hydrogens is 259 g/mol. The van der Waals surface area contributed by atoms with Crippen LogP contribution in [0.2, 0.25) is 0 Å². The molecule has 0 spiro atoms. The fourth-order valence-corrected chi connectivity index (χ4v) is 2.66. The Kier molecular flexibility index (Phi) is 5.05. The molecule has 4 heteroatoms. The molecule has 2 nitrogen and oxygen atoms in total. The van der Waals surface area contributed by atoms with Crippen LogP contribution in [0.5, 0.6) is 0 Å². The van der Waals surface area contributed by atoms with Gasteiger partial charge in [-0.05, 0) is 37.6 Å². The van der Waals surface area contributed by atoms with E-state index in [9.17, 15) is 4.39 Å². The largest absolute Gasteiger partial charge is 0.310 e. The van der Waals surface area contributed by atoms with Crippen molar-refractivity contribution in [3.05, 3.63) is 51.7 Å². The van der Waals surface area contributed by atoms with Crippen LogP contribution in [0.15, 0.2) is 29.6 Å². The van der Waals surface area contributed by atoms with E-state index in [0.717, 1.165) is 35.7 Å². The Morgan fingerprint density at radius 2 is 2.05 bits per heavy atom. The average molecular weight is 278 g/mol. The minimum atomic E-state index is -0.192. The van der Waals surface area contributed by atoms with Gasteiger partial charge < -0.3 is 5.32 Å². The number of nitrogens with one attached hydrogen (secondary N) is 1. The van der Waals surface area contributed by atoms with Gasteiger partial charge in [0.25, 0.3) is 0 Å². The van der Waals surface area contributed by atoms with Gasteiger partial charge in [-0.25, -0.2) is 9.37 Å². The Hall–Kier alpha value is -1.26. The smallest absolute Gasteiger partial charge is 0.123 e. The third kappa shape index (κ3) is 4.11. The van der Waals surface area contributed by atoms with Crippen LogP contribution in [0, 0.1) is 12.7 Å². The van der Waals surface area contributed by atoms with E-state index >= 15 is 0 Å². The van der Waals surface area contributed by atoms with E-state index in [2.05, 4.69) is 22.6 Å². The fourth-order valence-electron chi connectivity index (χ4n) is 2.03. The standard InChI is InChI=1S/C15H19FN2S/c1-3-8-17-15(9-14-10-19-11(2)18-14)12-4-6-13(16)7-5-12/h4-7,10,15,17H,3,8-9H2,1-2H3. The zero-order valence-electron chi connectivity index (χ0n) is 11.3. The molecule has 2 rings (SSSR count). The number of hydrogen-bond donors (Lipinski definition) is 1. The average Bonchev–Trinajstić information content (AvgIpc) is 2.81. The van der Waals surface area contributed by atoms with Crippen LogP contribution in [0.4, 0.5) is 4.39 Å². The predicted octanol–water partition coefficient (Wildman–Crippen LogP) is 3.87. The van der Waals surface area contributed by atoms with E-state index < -0.39 is 0 Å². The number of thiazole rings is 1.